The number of carbonyl (C=O) groups is 2. The van der Waals surface area contributed by atoms with Crippen LogP contribution in [0.3, 0.4) is 0 Å². The molecule has 0 aromatic heterocycles. The second kappa shape index (κ2) is 8.76. The molecule has 0 saturated carbocycles. The van der Waals surface area contributed by atoms with Crippen molar-refractivity contribution in [3.05, 3.63) is 33.8 Å². The highest BCUT2D eigenvalue weighted by atomic mass is 35.5. The van der Waals surface area contributed by atoms with Gasteiger partial charge < -0.3 is 20.3 Å². The average Bonchev–Trinajstić information content (AvgIpc) is 2.61. The number of ether oxygens (including phenoxy) is 1. The highest BCUT2D eigenvalue weighted by molar-refractivity contribution is 6.36. The molecule has 1 aromatic rings. The van der Waals surface area contributed by atoms with Gasteiger partial charge in [-0.3, -0.25) is 9.59 Å². The summed E-state index contributed by atoms with van der Waals surface area (Å²) in [6, 6.07) is 4.82. The van der Waals surface area contributed by atoms with Crippen molar-refractivity contribution >= 4 is 47.4 Å². The lowest BCUT2D eigenvalue weighted by Crippen LogP contribution is -2.61. The number of nitrogens with two attached hydrogens (primary N) is 1. The Hall–Kier alpha value is -1.05. The molecule has 0 bridgehead atoms. The van der Waals surface area contributed by atoms with Crippen molar-refractivity contribution in [2.45, 2.75) is 18.4 Å². The number of benzene rings is 1. The zero-order valence-corrected chi connectivity index (χ0v) is 16.6. The summed E-state index contributed by atoms with van der Waals surface area (Å²) in [6.45, 7) is 2.86. The first-order valence-corrected chi connectivity index (χ1v) is 9.07. The Kier molecular flexibility index (Phi) is 7.16. The van der Waals surface area contributed by atoms with E-state index in [9.17, 15) is 9.59 Å². The second-order valence-corrected chi connectivity index (χ2v) is 7.32. The van der Waals surface area contributed by atoms with Crippen molar-refractivity contribution in [3.8, 4) is 0 Å². The smallest absolute Gasteiger partial charge is 0.255 e. The lowest BCUT2D eigenvalue weighted by atomic mass is 9.89. The lowest BCUT2D eigenvalue weighted by Gasteiger charge is -2.41. The quantitative estimate of drug-likeness (QED) is 0.793. The van der Waals surface area contributed by atoms with Crippen molar-refractivity contribution in [1.82, 2.24) is 9.80 Å². The molecule has 2 aliphatic rings. The molecule has 2 fully saturated rings. The van der Waals surface area contributed by atoms with Crippen LogP contribution in [0.1, 0.15) is 23.2 Å². The molecule has 9 heteroatoms. The van der Waals surface area contributed by atoms with E-state index in [0.29, 0.717) is 67.8 Å². The number of rotatable bonds is 2. The summed E-state index contributed by atoms with van der Waals surface area (Å²) in [4.78, 5) is 28.8. The Morgan fingerprint density at radius 2 is 1.62 bits per heavy atom. The van der Waals surface area contributed by atoms with Gasteiger partial charge in [-0.15, -0.1) is 12.4 Å². The molecule has 1 aromatic carbocycles. The van der Waals surface area contributed by atoms with Crippen LogP contribution in [0.25, 0.3) is 0 Å². The average molecular weight is 423 g/mol. The molecule has 144 valence electrons. The molecule has 6 nitrogen and oxygen atoms in total. The van der Waals surface area contributed by atoms with E-state index >= 15 is 0 Å². The Bertz CT molecular complexity index is 672. The van der Waals surface area contributed by atoms with E-state index in [4.69, 9.17) is 33.7 Å². The van der Waals surface area contributed by atoms with Gasteiger partial charge in [0.1, 0.15) is 0 Å². The summed E-state index contributed by atoms with van der Waals surface area (Å²) in [6.07, 6.45) is 1.07. The number of hydrogen-bond donors (Lipinski definition) is 1. The maximum Gasteiger partial charge on any atom is 0.255 e. The van der Waals surface area contributed by atoms with Gasteiger partial charge in [0.2, 0.25) is 5.91 Å². The van der Waals surface area contributed by atoms with Gasteiger partial charge in [0.15, 0.2) is 0 Å². The molecule has 3 rings (SSSR count). The van der Waals surface area contributed by atoms with Crippen molar-refractivity contribution < 1.29 is 14.3 Å². The van der Waals surface area contributed by atoms with E-state index < -0.39 is 5.54 Å². The Morgan fingerprint density at radius 1 is 1.04 bits per heavy atom. The minimum Gasteiger partial charge on any atom is -0.381 e. The number of hydrogen-bond acceptors (Lipinski definition) is 4. The molecule has 0 aliphatic carbocycles. The van der Waals surface area contributed by atoms with Crippen LogP contribution in [0.2, 0.25) is 10.0 Å². The summed E-state index contributed by atoms with van der Waals surface area (Å²) in [5.74, 6) is -0.199. The first kappa shape index (κ1) is 21.3. The second-order valence-electron chi connectivity index (χ2n) is 6.48. The minimum absolute atomic E-state index is 0. The van der Waals surface area contributed by atoms with Crippen LogP contribution in [0, 0.1) is 0 Å². The van der Waals surface area contributed by atoms with E-state index in [0.717, 1.165) is 0 Å². The summed E-state index contributed by atoms with van der Waals surface area (Å²) >= 11 is 12.0. The van der Waals surface area contributed by atoms with Crippen LogP contribution in [0.15, 0.2) is 18.2 Å². The molecule has 2 amide bonds. The summed E-state index contributed by atoms with van der Waals surface area (Å²) < 4.78 is 5.29. The maximum absolute atomic E-state index is 12.7. The lowest BCUT2D eigenvalue weighted by molar-refractivity contribution is -0.142. The number of nitrogens with zero attached hydrogens (tertiary/aromatic N) is 2. The van der Waals surface area contributed by atoms with Crippen LogP contribution >= 0.6 is 35.6 Å². The van der Waals surface area contributed by atoms with E-state index in [-0.39, 0.29) is 24.2 Å². The first-order chi connectivity index (χ1) is 11.9. The fraction of sp³-hybridized carbons (Fsp3) is 0.529. The third-order valence-corrected chi connectivity index (χ3v) is 5.37. The van der Waals surface area contributed by atoms with Gasteiger partial charge in [-0.05, 0) is 31.0 Å². The van der Waals surface area contributed by atoms with E-state index in [1.54, 1.807) is 28.0 Å². The summed E-state index contributed by atoms with van der Waals surface area (Å²) in [5.41, 5.74) is 5.85. The Labute approximate surface area is 168 Å². The molecule has 26 heavy (non-hydrogen) atoms. The Balaban J connectivity index is 0.00000243. The van der Waals surface area contributed by atoms with E-state index in [1.165, 1.54) is 0 Å². The molecule has 2 aliphatic heterocycles. The molecular formula is C17H22Cl3N3O3. The van der Waals surface area contributed by atoms with Crippen molar-refractivity contribution in [3.63, 3.8) is 0 Å². The van der Waals surface area contributed by atoms with Gasteiger partial charge in [-0.25, -0.2) is 0 Å². The third kappa shape index (κ3) is 4.43. The SMILES string of the molecule is Cl.NC1(C(=O)N2CCN(C(=O)c3ccc(Cl)cc3Cl)CC2)CCOCC1. The van der Waals surface area contributed by atoms with E-state index in [2.05, 4.69) is 0 Å². The van der Waals surface area contributed by atoms with Gasteiger partial charge in [-0.2, -0.15) is 0 Å². The van der Waals surface area contributed by atoms with Gasteiger partial charge in [0, 0.05) is 44.4 Å². The zero-order valence-electron chi connectivity index (χ0n) is 14.2. The highest BCUT2D eigenvalue weighted by Crippen LogP contribution is 2.24. The number of amides is 2. The van der Waals surface area contributed by atoms with Gasteiger partial charge in [0.25, 0.3) is 5.91 Å². The highest BCUT2D eigenvalue weighted by Gasteiger charge is 2.40. The summed E-state index contributed by atoms with van der Waals surface area (Å²) in [5, 5.41) is 0.820. The largest absolute Gasteiger partial charge is 0.381 e. The van der Waals surface area contributed by atoms with Gasteiger partial charge in [-0.1, -0.05) is 23.2 Å². The summed E-state index contributed by atoms with van der Waals surface area (Å²) in [7, 11) is 0. The topological polar surface area (TPSA) is 75.9 Å². The predicted octanol–water partition coefficient (Wildman–Crippen LogP) is 2.21. The van der Waals surface area contributed by atoms with Crippen LogP contribution < -0.4 is 5.73 Å². The molecule has 2 heterocycles. The Morgan fingerprint density at radius 3 is 2.19 bits per heavy atom. The monoisotopic (exact) mass is 421 g/mol. The molecule has 0 unspecified atom stereocenters. The molecule has 2 N–H and O–H groups in total. The molecule has 0 spiro atoms. The van der Waals surface area contributed by atoms with Crippen LogP contribution in [-0.2, 0) is 9.53 Å². The van der Waals surface area contributed by atoms with Crippen LogP contribution in [0.5, 0.6) is 0 Å². The standard InChI is InChI=1S/C17H21Cl2N3O3.ClH/c18-12-1-2-13(14(19)11-12)15(23)21-5-7-22(8-6-21)16(24)17(20)3-9-25-10-4-17;/h1-2,11H,3-10,20H2;1H. The van der Waals surface area contributed by atoms with Gasteiger partial charge in [0.05, 0.1) is 16.1 Å². The fourth-order valence-corrected chi connectivity index (χ4v) is 3.70. The molecule has 0 radical (unpaired) electrons. The van der Waals surface area contributed by atoms with Crippen molar-refractivity contribution in [2.75, 3.05) is 39.4 Å². The first-order valence-electron chi connectivity index (χ1n) is 8.31. The third-order valence-electron chi connectivity index (χ3n) is 4.83. The van der Waals surface area contributed by atoms with E-state index in [1.807, 2.05) is 0 Å². The van der Waals surface area contributed by atoms with Crippen LogP contribution in [-0.4, -0.2) is 66.5 Å². The molecular weight excluding hydrogens is 401 g/mol. The normalized spacial score (nSPS) is 19.7. The van der Waals surface area contributed by atoms with Crippen LogP contribution in [0.4, 0.5) is 0 Å². The number of halogens is 3. The fourth-order valence-electron chi connectivity index (χ4n) is 3.21. The number of carbonyl (C=O) groups excluding carboxylic acids is 2. The minimum atomic E-state index is -0.843. The number of piperazine rings is 1. The van der Waals surface area contributed by atoms with Crippen molar-refractivity contribution in [2.24, 2.45) is 5.73 Å². The molecule has 2 saturated heterocycles. The van der Waals surface area contributed by atoms with Crippen molar-refractivity contribution in [1.29, 1.82) is 0 Å². The predicted molar refractivity (Wildman–Crippen MR) is 103 cm³/mol. The van der Waals surface area contributed by atoms with Gasteiger partial charge >= 0.3 is 0 Å². The molecule has 0 atom stereocenters. The zero-order chi connectivity index (χ0) is 18.0. The maximum atomic E-state index is 12.7.